The summed E-state index contributed by atoms with van der Waals surface area (Å²) >= 11 is 0. The van der Waals surface area contributed by atoms with Gasteiger partial charge >= 0.3 is 0 Å². The SMILES string of the molecule is c1cncc(-c2ccnc3[nH]c(-c4n[nH]c5ncc(-c6cncc(CNCC7CCCC7)c6)cc45)cc23)c1. The number of rotatable bonds is 7. The third kappa shape index (κ3) is 4.33. The fraction of sp³-hybridized carbons (Fsp3) is 0.233. The lowest BCUT2D eigenvalue weighted by Gasteiger charge is -2.11. The summed E-state index contributed by atoms with van der Waals surface area (Å²) in [4.78, 5) is 21.5. The Kier molecular flexibility index (Phi) is 5.86. The summed E-state index contributed by atoms with van der Waals surface area (Å²) in [5.41, 5.74) is 8.61. The zero-order valence-corrected chi connectivity index (χ0v) is 21.0. The lowest BCUT2D eigenvalue weighted by Crippen LogP contribution is -2.20. The first-order chi connectivity index (χ1) is 18.8. The standard InChI is InChI=1S/C30H28N8/c1-2-5-19(4-1)13-32-14-20-10-22(17-33-15-20)23-11-26-28(37-38-30(26)35-18-23)27-12-25-24(7-9-34-29(25)36-27)21-6-3-8-31-16-21/h3,6-12,15-19,32H,1-2,4-5,13-14H2,(H,34,36)(H,35,37,38). The molecular weight excluding hydrogens is 472 g/mol. The molecule has 0 radical (unpaired) electrons. The van der Waals surface area contributed by atoms with Crippen molar-refractivity contribution < 1.29 is 0 Å². The lowest BCUT2D eigenvalue weighted by molar-refractivity contribution is 0.489. The van der Waals surface area contributed by atoms with E-state index in [1.54, 1.807) is 6.20 Å². The van der Waals surface area contributed by atoms with Crippen molar-refractivity contribution >= 4 is 22.1 Å². The number of aromatic amines is 2. The summed E-state index contributed by atoms with van der Waals surface area (Å²) in [5, 5.41) is 13.3. The van der Waals surface area contributed by atoms with Crippen LogP contribution in [0.25, 0.3) is 55.7 Å². The predicted molar refractivity (Wildman–Crippen MR) is 149 cm³/mol. The average Bonchev–Trinajstić information content (AvgIpc) is 3.73. The van der Waals surface area contributed by atoms with Gasteiger partial charge in [-0.25, -0.2) is 9.97 Å². The first kappa shape index (κ1) is 22.7. The molecule has 0 spiro atoms. The largest absolute Gasteiger partial charge is 0.338 e. The van der Waals surface area contributed by atoms with Crippen LogP contribution in [-0.2, 0) is 6.54 Å². The van der Waals surface area contributed by atoms with E-state index in [2.05, 4.69) is 64.7 Å². The van der Waals surface area contributed by atoms with Crippen LogP contribution >= 0.6 is 0 Å². The molecule has 0 unspecified atom stereocenters. The number of hydrogen-bond donors (Lipinski definition) is 3. The van der Waals surface area contributed by atoms with Gasteiger partial charge in [0.15, 0.2) is 5.65 Å². The van der Waals surface area contributed by atoms with E-state index in [1.807, 2.05) is 43.1 Å². The van der Waals surface area contributed by atoms with Crippen molar-refractivity contribution in [1.29, 1.82) is 0 Å². The van der Waals surface area contributed by atoms with Crippen molar-refractivity contribution in [3.05, 3.63) is 79.1 Å². The van der Waals surface area contributed by atoms with Crippen molar-refractivity contribution in [1.82, 2.24) is 40.4 Å². The van der Waals surface area contributed by atoms with Gasteiger partial charge in [-0.3, -0.25) is 15.1 Å². The minimum absolute atomic E-state index is 0.741. The smallest absolute Gasteiger partial charge is 0.155 e. The van der Waals surface area contributed by atoms with Crippen LogP contribution in [0.2, 0.25) is 0 Å². The Bertz CT molecular complexity index is 1710. The molecule has 0 aliphatic heterocycles. The van der Waals surface area contributed by atoms with Crippen molar-refractivity contribution in [3.63, 3.8) is 0 Å². The molecule has 0 bridgehead atoms. The van der Waals surface area contributed by atoms with E-state index in [-0.39, 0.29) is 0 Å². The van der Waals surface area contributed by atoms with Crippen LogP contribution in [0.1, 0.15) is 31.2 Å². The van der Waals surface area contributed by atoms with Crippen molar-refractivity contribution in [3.8, 4) is 33.6 Å². The van der Waals surface area contributed by atoms with Gasteiger partial charge in [0.1, 0.15) is 11.3 Å². The Morgan fingerprint density at radius 3 is 2.61 bits per heavy atom. The highest BCUT2D eigenvalue weighted by Gasteiger charge is 2.16. The van der Waals surface area contributed by atoms with E-state index < -0.39 is 0 Å². The van der Waals surface area contributed by atoms with Gasteiger partial charge in [-0.1, -0.05) is 18.9 Å². The van der Waals surface area contributed by atoms with Crippen LogP contribution in [0.3, 0.4) is 0 Å². The van der Waals surface area contributed by atoms with E-state index >= 15 is 0 Å². The van der Waals surface area contributed by atoms with Crippen LogP contribution in [0.4, 0.5) is 0 Å². The van der Waals surface area contributed by atoms with E-state index in [9.17, 15) is 0 Å². The fourth-order valence-corrected chi connectivity index (χ4v) is 5.57. The van der Waals surface area contributed by atoms with Crippen molar-refractivity contribution in [2.45, 2.75) is 32.2 Å². The van der Waals surface area contributed by atoms with Gasteiger partial charge in [-0.15, -0.1) is 0 Å². The Morgan fingerprint density at radius 1 is 0.816 bits per heavy atom. The third-order valence-corrected chi connectivity index (χ3v) is 7.54. The van der Waals surface area contributed by atoms with Gasteiger partial charge < -0.3 is 10.3 Å². The van der Waals surface area contributed by atoms with Crippen molar-refractivity contribution in [2.75, 3.05) is 6.54 Å². The number of aromatic nitrogens is 7. The molecule has 8 heteroatoms. The summed E-state index contributed by atoms with van der Waals surface area (Å²) in [6.45, 7) is 1.91. The predicted octanol–water partition coefficient (Wildman–Crippen LogP) is 5.91. The molecule has 6 aromatic heterocycles. The monoisotopic (exact) mass is 500 g/mol. The molecule has 0 aromatic carbocycles. The minimum Gasteiger partial charge on any atom is -0.338 e. The topological polar surface area (TPSA) is 108 Å². The molecular formula is C30H28N8. The highest BCUT2D eigenvalue weighted by atomic mass is 15.2. The van der Waals surface area contributed by atoms with Crippen LogP contribution in [0.5, 0.6) is 0 Å². The van der Waals surface area contributed by atoms with Gasteiger partial charge in [0.2, 0.25) is 0 Å². The minimum atomic E-state index is 0.741. The summed E-state index contributed by atoms with van der Waals surface area (Å²) < 4.78 is 0. The number of fused-ring (bicyclic) bond motifs is 2. The molecule has 3 N–H and O–H groups in total. The molecule has 1 saturated carbocycles. The molecule has 1 aliphatic carbocycles. The maximum atomic E-state index is 4.67. The molecule has 38 heavy (non-hydrogen) atoms. The van der Waals surface area contributed by atoms with Gasteiger partial charge in [-0.2, -0.15) is 5.10 Å². The quantitative estimate of drug-likeness (QED) is 0.252. The van der Waals surface area contributed by atoms with Crippen LogP contribution < -0.4 is 5.32 Å². The molecule has 8 nitrogen and oxygen atoms in total. The van der Waals surface area contributed by atoms with Crippen molar-refractivity contribution in [2.24, 2.45) is 5.92 Å². The second-order valence-corrected chi connectivity index (χ2v) is 10.1. The molecule has 6 heterocycles. The highest BCUT2D eigenvalue weighted by Crippen LogP contribution is 2.34. The first-order valence-corrected chi connectivity index (χ1v) is 13.2. The third-order valence-electron chi connectivity index (χ3n) is 7.54. The zero-order valence-electron chi connectivity index (χ0n) is 21.0. The molecule has 0 atom stereocenters. The Balaban J connectivity index is 1.20. The fourth-order valence-electron chi connectivity index (χ4n) is 5.57. The van der Waals surface area contributed by atoms with Crippen LogP contribution in [-0.4, -0.2) is 41.7 Å². The molecule has 0 amide bonds. The summed E-state index contributed by atoms with van der Waals surface area (Å²) in [7, 11) is 0. The number of hydrogen-bond acceptors (Lipinski definition) is 6. The molecule has 188 valence electrons. The normalized spacial score (nSPS) is 14.1. The average molecular weight is 501 g/mol. The number of nitrogens with zero attached hydrogens (tertiary/aromatic N) is 5. The second-order valence-electron chi connectivity index (χ2n) is 10.1. The Hall–Kier alpha value is -4.43. The molecule has 1 fully saturated rings. The van der Waals surface area contributed by atoms with E-state index in [0.29, 0.717) is 0 Å². The summed E-state index contributed by atoms with van der Waals surface area (Å²) in [6.07, 6.45) is 16.6. The Labute approximate surface area is 220 Å². The maximum absolute atomic E-state index is 4.67. The van der Waals surface area contributed by atoms with Gasteiger partial charge in [0, 0.05) is 71.2 Å². The Morgan fingerprint density at radius 2 is 1.71 bits per heavy atom. The van der Waals surface area contributed by atoms with E-state index in [4.69, 9.17) is 0 Å². The van der Waals surface area contributed by atoms with Gasteiger partial charge in [-0.05, 0) is 66.8 Å². The first-order valence-electron chi connectivity index (χ1n) is 13.2. The second kappa shape index (κ2) is 9.79. The lowest BCUT2D eigenvalue weighted by atomic mass is 10.0. The highest BCUT2D eigenvalue weighted by molar-refractivity contribution is 5.99. The molecule has 0 saturated heterocycles. The number of nitrogens with one attached hydrogen (secondary N) is 3. The zero-order chi connectivity index (χ0) is 25.3. The summed E-state index contributed by atoms with van der Waals surface area (Å²) in [6, 6.07) is 12.5. The van der Waals surface area contributed by atoms with Crippen LogP contribution in [0, 0.1) is 5.92 Å². The number of H-pyrrole nitrogens is 2. The van der Waals surface area contributed by atoms with E-state index in [0.717, 1.165) is 74.7 Å². The van der Waals surface area contributed by atoms with Gasteiger partial charge in [0.25, 0.3) is 0 Å². The summed E-state index contributed by atoms with van der Waals surface area (Å²) in [5.74, 6) is 0.817. The number of pyridine rings is 4. The molecule has 6 aromatic rings. The van der Waals surface area contributed by atoms with Gasteiger partial charge in [0.05, 0.1) is 5.69 Å². The molecule has 7 rings (SSSR count). The maximum Gasteiger partial charge on any atom is 0.155 e. The van der Waals surface area contributed by atoms with E-state index in [1.165, 1.54) is 31.2 Å². The molecule has 1 aliphatic rings. The van der Waals surface area contributed by atoms with Crippen LogP contribution in [0.15, 0.2) is 73.6 Å².